The van der Waals surface area contributed by atoms with Gasteiger partial charge >= 0.3 is 0 Å². The Balaban J connectivity index is 0.000000291. The molecule has 0 aromatic carbocycles. The molecule has 0 amide bonds. The molecule has 1 aromatic rings. The molecule has 0 fully saturated rings. The number of H-pyrrole nitrogens is 1. The third-order valence-corrected chi connectivity index (χ3v) is 1.55. The monoisotopic (exact) mass is 162 g/mol. The van der Waals surface area contributed by atoms with Crippen LogP contribution in [-0.2, 0) is 0 Å². The molecular formula is C5H10N2S2. The number of nitrogens with one attached hydrogen (secondary N) is 1. The van der Waals surface area contributed by atoms with E-state index >= 15 is 0 Å². The summed E-state index contributed by atoms with van der Waals surface area (Å²) in [5.41, 5.74) is 0. The molecule has 2 nitrogen and oxygen atoms in total. The predicted octanol–water partition coefficient (Wildman–Crippen LogP) is 2.54. The second kappa shape index (κ2) is 4.64. The van der Waals surface area contributed by atoms with Crippen molar-refractivity contribution in [1.29, 1.82) is 0 Å². The van der Waals surface area contributed by atoms with Crippen molar-refractivity contribution in [2.45, 2.75) is 20.8 Å². The molecular weight excluding hydrogens is 152 g/mol. The maximum atomic E-state index is 4.73. The molecule has 0 bridgehead atoms. The molecule has 1 rings (SSSR count). The van der Waals surface area contributed by atoms with Crippen molar-refractivity contribution >= 4 is 23.6 Å². The smallest absolute Gasteiger partial charge is 0.176 e. The zero-order chi connectivity index (χ0) is 7.28. The fourth-order valence-electron chi connectivity index (χ4n) is 0.304. The van der Waals surface area contributed by atoms with Crippen LogP contribution in [0, 0.1) is 10.9 Å². The second-order valence-electron chi connectivity index (χ2n) is 1.13. The van der Waals surface area contributed by atoms with E-state index in [-0.39, 0.29) is 0 Å². The molecule has 0 aliphatic carbocycles. The quantitative estimate of drug-likeness (QED) is 0.594. The van der Waals surface area contributed by atoms with Crippen molar-refractivity contribution in [3.63, 3.8) is 0 Å². The number of aromatic nitrogens is 2. The lowest BCUT2D eigenvalue weighted by Crippen LogP contribution is -1.65. The Bertz CT molecular complexity index is 201. The molecule has 0 unspecified atom stereocenters. The molecule has 1 heterocycles. The van der Waals surface area contributed by atoms with Gasteiger partial charge in [0.2, 0.25) is 0 Å². The van der Waals surface area contributed by atoms with E-state index in [4.69, 9.17) is 12.2 Å². The van der Waals surface area contributed by atoms with Gasteiger partial charge in [0.05, 0.1) is 0 Å². The summed E-state index contributed by atoms with van der Waals surface area (Å²) >= 11 is 6.22. The van der Waals surface area contributed by atoms with Crippen molar-refractivity contribution in [3.05, 3.63) is 8.96 Å². The zero-order valence-electron chi connectivity index (χ0n) is 5.76. The van der Waals surface area contributed by atoms with Crippen molar-refractivity contribution < 1.29 is 0 Å². The number of nitrogens with zero attached hydrogens (tertiary/aromatic N) is 1. The molecule has 0 saturated carbocycles. The van der Waals surface area contributed by atoms with E-state index in [0.717, 1.165) is 8.96 Å². The van der Waals surface area contributed by atoms with Crippen LogP contribution in [0.1, 0.15) is 18.9 Å². The lowest BCUT2D eigenvalue weighted by atomic mass is 10.9. The Morgan fingerprint density at radius 2 is 2.11 bits per heavy atom. The molecule has 0 spiro atoms. The molecule has 52 valence electrons. The maximum absolute atomic E-state index is 4.73. The highest BCUT2D eigenvalue weighted by atomic mass is 32.1. The van der Waals surface area contributed by atoms with Crippen LogP contribution in [0.15, 0.2) is 0 Å². The Hall–Kier alpha value is -0.220. The fourth-order valence-corrected chi connectivity index (χ4v) is 1.16. The summed E-state index contributed by atoms with van der Waals surface area (Å²) in [6.45, 7) is 5.91. The average molecular weight is 162 g/mol. The van der Waals surface area contributed by atoms with Crippen LogP contribution in [0.25, 0.3) is 0 Å². The molecule has 0 saturated heterocycles. The van der Waals surface area contributed by atoms with E-state index in [1.807, 2.05) is 20.8 Å². The van der Waals surface area contributed by atoms with E-state index in [1.54, 1.807) is 0 Å². The lowest BCUT2D eigenvalue weighted by molar-refractivity contribution is 1.04. The van der Waals surface area contributed by atoms with E-state index in [0.29, 0.717) is 0 Å². The Morgan fingerprint density at radius 3 is 2.22 bits per heavy atom. The topological polar surface area (TPSA) is 28.7 Å². The first-order valence-electron chi connectivity index (χ1n) is 2.81. The van der Waals surface area contributed by atoms with Gasteiger partial charge in [0.15, 0.2) is 3.95 Å². The fraction of sp³-hybridized carbons (Fsp3) is 0.600. The summed E-state index contributed by atoms with van der Waals surface area (Å²) < 4.78 is 0.748. The van der Waals surface area contributed by atoms with Crippen LogP contribution >= 0.6 is 23.6 Å². The summed E-state index contributed by atoms with van der Waals surface area (Å²) in [7, 11) is 0. The Morgan fingerprint density at radius 1 is 1.56 bits per heavy atom. The largest absolute Gasteiger partial charge is 0.258 e. The first kappa shape index (κ1) is 8.78. The van der Waals surface area contributed by atoms with E-state index in [9.17, 15) is 0 Å². The van der Waals surface area contributed by atoms with E-state index in [1.165, 1.54) is 11.3 Å². The third kappa shape index (κ3) is 3.37. The SMILES string of the molecule is CC.Cc1n[nH]c(=S)s1. The molecule has 0 radical (unpaired) electrons. The van der Waals surface area contributed by atoms with Crippen LogP contribution in [0.5, 0.6) is 0 Å². The van der Waals surface area contributed by atoms with Crippen molar-refractivity contribution in [3.8, 4) is 0 Å². The highest BCUT2D eigenvalue weighted by Gasteiger charge is 1.82. The van der Waals surface area contributed by atoms with Gasteiger partial charge in [-0.2, -0.15) is 5.10 Å². The summed E-state index contributed by atoms with van der Waals surface area (Å²) in [5.74, 6) is 0. The van der Waals surface area contributed by atoms with Crippen LogP contribution in [-0.4, -0.2) is 10.2 Å². The summed E-state index contributed by atoms with van der Waals surface area (Å²) in [5, 5.41) is 7.45. The standard InChI is InChI=1S/C3H4N2S2.C2H6/c1-2-4-5-3(6)7-2;1-2/h1H3,(H,5,6);1-2H3. The molecule has 9 heavy (non-hydrogen) atoms. The molecule has 0 aliphatic rings. The van der Waals surface area contributed by atoms with Crippen molar-refractivity contribution in [2.24, 2.45) is 0 Å². The molecule has 0 aliphatic heterocycles. The van der Waals surface area contributed by atoms with Gasteiger partial charge in [-0.3, -0.25) is 5.10 Å². The number of rotatable bonds is 0. The molecule has 0 atom stereocenters. The zero-order valence-corrected chi connectivity index (χ0v) is 7.40. The van der Waals surface area contributed by atoms with Gasteiger partial charge in [-0.05, 0) is 19.1 Å². The number of hydrogen-bond acceptors (Lipinski definition) is 3. The molecule has 1 N–H and O–H groups in total. The average Bonchev–Trinajstić information content (AvgIpc) is 2.20. The van der Waals surface area contributed by atoms with Gasteiger partial charge in [-0.25, -0.2) is 0 Å². The van der Waals surface area contributed by atoms with Crippen LogP contribution in [0.4, 0.5) is 0 Å². The normalized spacial score (nSPS) is 7.89. The van der Waals surface area contributed by atoms with Crippen molar-refractivity contribution in [2.75, 3.05) is 0 Å². The highest BCUT2D eigenvalue weighted by Crippen LogP contribution is 1.99. The number of hydrogen-bond donors (Lipinski definition) is 1. The minimum Gasteiger partial charge on any atom is -0.258 e. The highest BCUT2D eigenvalue weighted by molar-refractivity contribution is 7.73. The summed E-state index contributed by atoms with van der Waals surface area (Å²) in [4.78, 5) is 0. The van der Waals surface area contributed by atoms with Gasteiger partial charge < -0.3 is 0 Å². The first-order valence-corrected chi connectivity index (χ1v) is 4.03. The minimum absolute atomic E-state index is 0.748. The maximum Gasteiger partial charge on any atom is 0.176 e. The first-order chi connectivity index (χ1) is 4.29. The molecule has 4 heteroatoms. The van der Waals surface area contributed by atoms with E-state index in [2.05, 4.69) is 10.2 Å². The summed E-state index contributed by atoms with van der Waals surface area (Å²) in [6, 6.07) is 0. The van der Waals surface area contributed by atoms with Gasteiger partial charge in [0.1, 0.15) is 5.01 Å². The van der Waals surface area contributed by atoms with Crippen LogP contribution in [0.2, 0.25) is 0 Å². The third-order valence-electron chi connectivity index (χ3n) is 0.545. The minimum atomic E-state index is 0.748. The van der Waals surface area contributed by atoms with Gasteiger partial charge in [0, 0.05) is 0 Å². The van der Waals surface area contributed by atoms with Gasteiger partial charge in [-0.1, -0.05) is 25.2 Å². The van der Waals surface area contributed by atoms with Gasteiger partial charge in [0.25, 0.3) is 0 Å². The van der Waals surface area contributed by atoms with E-state index < -0.39 is 0 Å². The van der Waals surface area contributed by atoms with Crippen molar-refractivity contribution in [1.82, 2.24) is 10.2 Å². The number of aryl methyl sites for hydroxylation is 1. The lowest BCUT2D eigenvalue weighted by Gasteiger charge is -1.63. The van der Waals surface area contributed by atoms with Crippen LogP contribution in [0.3, 0.4) is 0 Å². The molecule has 1 aromatic heterocycles. The van der Waals surface area contributed by atoms with Crippen LogP contribution < -0.4 is 0 Å². The second-order valence-corrected chi connectivity index (χ2v) is 3.00. The Labute approximate surface area is 63.9 Å². The predicted molar refractivity (Wildman–Crippen MR) is 43.4 cm³/mol. The van der Waals surface area contributed by atoms with Gasteiger partial charge in [-0.15, -0.1) is 0 Å². The number of aromatic amines is 1. The summed E-state index contributed by atoms with van der Waals surface area (Å²) in [6.07, 6.45) is 0. The Kier molecular flexibility index (Phi) is 4.53.